The summed E-state index contributed by atoms with van der Waals surface area (Å²) in [5, 5.41) is 0. The van der Waals surface area contributed by atoms with Gasteiger partial charge in [-0.2, -0.15) is 0 Å². The average Bonchev–Trinajstić information content (AvgIpc) is 2.67. The molecule has 0 aliphatic heterocycles. The van der Waals surface area contributed by atoms with Gasteiger partial charge in [-0.05, 0) is 49.8 Å². The minimum Gasteiger partial charge on any atom is -0.398 e. The number of hydrogen-bond acceptors (Lipinski definition) is 3. The van der Waals surface area contributed by atoms with Crippen molar-refractivity contribution in [2.24, 2.45) is 5.92 Å². The molecule has 1 aliphatic carbocycles. The van der Waals surface area contributed by atoms with Gasteiger partial charge in [0.1, 0.15) is 0 Å². The van der Waals surface area contributed by atoms with E-state index in [4.69, 9.17) is 5.73 Å². The zero-order valence-corrected chi connectivity index (χ0v) is 11.6. The number of nitrogens with two attached hydrogens (primary N) is 1. The molecule has 0 heterocycles. The second-order valence-corrected chi connectivity index (χ2v) is 6.89. The van der Waals surface area contributed by atoms with Gasteiger partial charge in [-0.3, -0.25) is 0 Å². The van der Waals surface area contributed by atoms with Crippen LogP contribution in [0, 0.1) is 12.8 Å². The van der Waals surface area contributed by atoms with Gasteiger partial charge in [-0.25, -0.2) is 13.1 Å². The van der Waals surface area contributed by atoms with Crippen molar-refractivity contribution in [3.8, 4) is 0 Å². The van der Waals surface area contributed by atoms with Crippen molar-refractivity contribution >= 4 is 15.7 Å². The Morgan fingerprint density at radius 2 is 2.06 bits per heavy atom. The highest BCUT2D eigenvalue weighted by atomic mass is 32.2. The van der Waals surface area contributed by atoms with Crippen molar-refractivity contribution in [3.05, 3.63) is 23.8 Å². The van der Waals surface area contributed by atoms with E-state index in [0.29, 0.717) is 22.1 Å². The molecule has 0 radical (unpaired) electrons. The Hall–Kier alpha value is -1.07. The first-order chi connectivity index (χ1) is 8.40. The van der Waals surface area contributed by atoms with Crippen molar-refractivity contribution in [1.82, 2.24) is 4.72 Å². The predicted molar refractivity (Wildman–Crippen MR) is 72.7 cm³/mol. The number of hydrogen-bond donors (Lipinski definition) is 2. The summed E-state index contributed by atoms with van der Waals surface area (Å²) >= 11 is 0. The van der Waals surface area contributed by atoms with E-state index in [1.54, 1.807) is 25.1 Å². The first kappa shape index (κ1) is 13.4. The molecule has 1 aromatic carbocycles. The van der Waals surface area contributed by atoms with Crippen molar-refractivity contribution < 1.29 is 8.42 Å². The topological polar surface area (TPSA) is 72.2 Å². The van der Waals surface area contributed by atoms with Crippen LogP contribution < -0.4 is 10.5 Å². The van der Waals surface area contributed by atoms with Crippen LogP contribution in [0.15, 0.2) is 23.1 Å². The maximum absolute atomic E-state index is 12.3. The van der Waals surface area contributed by atoms with Crippen molar-refractivity contribution in [1.29, 1.82) is 0 Å². The third-order valence-corrected chi connectivity index (χ3v) is 5.30. The lowest BCUT2D eigenvalue weighted by Crippen LogP contribution is -2.33. The highest BCUT2D eigenvalue weighted by Gasteiger charge is 2.27. The highest BCUT2D eigenvalue weighted by Crippen LogP contribution is 2.27. The van der Waals surface area contributed by atoms with Crippen molar-refractivity contribution in [3.63, 3.8) is 0 Å². The van der Waals surface area contributed by atoms with E-state index in [-0.39, 0.29) is 6.04 Å². The molecule has 18 heavy (non-hydrogen) atoms. The fraction of sp³-hybridized carbons (Fsp3) is 0.538. The van der Waals surface area contributed by atoms with E-state index < -0.39 is 10.0 Å². The summed E-state index contributed by atoms with van der Waals surface area (Å²) in [6.45, 7) is 3.89. The Kier molecular flexibility index (Phi) is 3.64. The van der Waals surface area contributed by atoms with Crippen LogP contribution in [-0.2, 0) is 10.0 Å². The van der Waals surface area contributed by atoms with Crippen LogP contribution in [0.25, 0.3) is 0 Å². The summed E-state index contributed by atoms with van der Waals surface area (Å²) in [5.74, 6) is 0.597. The van der Waals surface area contributed by atoms with Gasteiger partial charge in [0.25, 0.3) is 0 Å². The summed E-state index contributed by atoms with van der Waals surface area (Å²) in [4.78, 5) is 0.294. The van der Waals surface area contributed by atoms with Gasteiger partial charge in [0, 0.05) is 11.7 Å². The van der Waals surface area contributed by atoms with Gasteiger partial charge in [-0.15, -0.1) is 0 Å². The fourth-order valence-electron chi connectivity index (χ4n) is 2.52. The maximum Gasteiger partial charge on any atom is 0.241 e. The molecular formula is C13H20N2O2S. The Bertz CT molecular complexity index is 540. The zero-order valence-electron chi connectivity index (χ0n) is 10.8. The summed E-state index contributed by atoms with van der Waals surface area (Å²) in [7, 11) is -3.45. The Morgan fingerprint density at radius 3 is 2.67 bits per heavy atom. The zero-order chi connectivity index (χ0) is 13.3. The van der Waals surface area contributed by atoms with Crippen LogP contribution in [0.4, 0.5) is 5.69 Å². The first-order valence-electron chi connectivity index (χ1n) is 6.27. The van der Waals surface area contributed by atoms with E-state index in [2.05, 4.69) is 11.6 Å². The Labute approximate surface area is 109 Å². The average molecular weight is 268 g/mol. The van der Waals surface area contributed by atoms with E-state index in [0.717, 1.165) is 19.3 Å². The molecule has 1 fully saturated rings. The molecule has 3 N–H and O–H groups in total. The molecule has 0 spiro atoms. The summed E-state index contributed by atoms with van der Waals surface area (Å²) in [6.07, 6.45) is 2.92. The minimum absolute atomic E-state index is 0.0610. The van der Waals surface area contributed by atoms with Crippen molar-refractivity contribution in [2.45, 2.75) is 44.0 Å². The Morgan fingerprint density at radius 1 is 1.33 bits per heavy atom. The lowest BCUT2D eigenvalue weighted by molar-refractivity contribution is 0.538. The van der Waals surface area contributed by atoms with Crippen LogP contribution in [0.1, 0.15) is 31.7 Å². The first-order valence-corrected chi connectivity index (χ1v) is 7.76. The fourth-order valence-corrected chi connectivity index (χ4v) is 4.08. The number of rotatable bonds is 3. The number of benzene rings is 1. The largest absolute Gasteiger partial charge is 0.398 e. The molecule has 4 nitrogen and oxygen atoms in total. The molecule has 2 atom stereocenters. The van der Waals surface area contributed by atoms with Gasteiger partial charge in [-0.1, -0.05) is 13.0 Å². The molecule has 0 amide bonds. The lowest BCUT2D eigenvalue weighted by atomic mass is 10.1. The summed E-state index contributed by atoms with van der Waals surface area (Å²) in [5.41, 5.74) is 6.89. The van der Waals surface area contributed by atoms with E-state index in [1.165, 1.54) is 0 Å². The smallest absolute Gasteiger partial charge is 0.241 e. The molecule has 5 heteroatoms. The number of nitrogen functional groups attached to an aromatic ring is 1. The van der Waals surface area contributed by atoms with Gasteiger partial charge in [0.05, 0.1) is 4.90 Å². The van der Waals surface area contributed by atoms with Crippen LogP contribution in [0.2, 0.25) is 0 Å². The molecule has 0 bridgehead atoms. The van der Waals surface area contributed by atoms with Gasteiger partial charge in [0.15, 0.2) is 0 Å². The molecule has 2 rings (SSSR count). The normalized spacial score (nSPS) is 24.3. The molecule has 1 aliphatic rings. The second-order valence-electron chi connectivity index (χ2n) is 5.21. The minimum atomic E-state index is -3.45. The molecule has 1 aromatic rings. The maximum atomic E-state index is 12.3. The predicted octanol–water partition coefficient (Wildman–Crippen LogP) is 2.04. The lowest BCUT2D eigenvalue weighted by Gasteiger charge is -2.15. The summed E-state index contributed by atoms with van der Waals surface area (Å²) < 4.78 is 27.4. The van der Waals surface area contributed by atoms with Gasteiger partial charge < -0.3 is 5.73 Å². The Balaban J connectivity index is 2.23. The van der Waals surface area contributed by atoms with Crippen LogP contribution in [0.3, 0.4) is 0 Å². The molecule has 2 unspecified atom stereocenters. The summed E-state index contributed by atoms with van der Waals surface area (Å²) in [6, 6.07) is 5.05. The van der Waals surface area contributed by atoms with Crippen LogP contribution >= 0.6 is 0 Å². The van der Waals surface area contributed by atoms with E-state index in [9.17, 15) is 8.42 Å². The molecule has 0 aromatic heterocycles. The molecule has 1 saturated carbocycles. The standard InChI is InChI=1S/C13H20N2O2S/c1-9-6-7-11(8-9)15-18(16,17)13-5-3-4-12(14)10(13)2/h3-5,9,11,15H,6-8,14H2,1-2H3. The molecular weight excluding hydrogens is 248 g/mol. The van der Waals surface area contributed by atoms with Gasteiger partial charge >= 0.3 is 0 Å². The highest BCUT2D eigenvalue weighted by molar-refractivity contribution is 7.89. The number of nitrogens with one attached hydrogen (secondary N) is 1. The number of anilines is 1. The van der Waals surface area contributed by atoms with Crippen LogP contribution in [0.5, 0.6) is 0 Å². The van der Waals surface area contributed by atoms with E-state index >= 15 is 0 Å². The van der Waals surface area contributed by atoms with Gasteiger partial charge in [0.2, 0.25) is 10.0 Å². The monoisotopic (exact) mass is 268 g/mol. The second kappa shape index (κ2) is 4.90. The molecule has 0 saturated heterocycles. The van der Waals surface area contributed by atoms with E-state index in [1.807, 2.05) is 0 Å². The molecule has 100 valence electrons. The van der Waals surface area contributed by atoms with Crippen molar-refractivity contribution in [2.75, 3.05) is 5.73 Å². The third kappa shape index (κ3) is 2.67. The van der Waals surface area contributed by atoms with Crippen LogP contribution in [-0.4, -0.2) is 14.5 Å². The number of sulfonamides is 1. The third-order valence-electron chi connectivity index (χ3n) is 3.63. The quantitative estimate of drug-likeness (QED) is 0.824. The SMILES string of the molecule is Cc1c(N)cccc1S(=O)(=O)NC1CCC(C)C1.